The van der Waals surface area contributed by atoms with Crippen molar-refractivity contribution >= 4 is 39.1 Å². The fourth-order valence-corrected chi connectivity index (χ4v) is 1.92. The van der Waals surface area contributed by atoms with E-state index in [2.05, 4.69) is 36.6 Å². The van der Waals surface area contributed by atoms with Gasteiger partial charge in [0.25, 0.3) is 0 Å². The van der Waals surface area contributed by atoms with Gasteiger partial charge in [-0.25, -0.2) is 15.2 Å². The van der Waals surface area contributed by atoms with Gasteiger partial charge in [-0.1, -0.05) is 0 Å². The van der Waals surface area contributed by atoms with Crippen LogP contribution in [0.3, 0.4) is 0 Å². The van der Waals surface area contributed by atoms with Gasteiger partial charge < -0.3 is 5.32 Å². The number of rotatable bonds is 4. The highest BCUT2D eigenvalue weighted by atomic mass is 79.9. The third kappa shape index (κ3) is 3.23. The van der Waals surface area contributed by atoms with Crippen molar-refractivity contribution in [3.63, 3.8) is 0 Å². The Hall–Kier alpha value is -2.33. The minimum Gasteiger partial charge on any atom is -0.334 e. The van der Waals surface area contributed by atoms with Crippen LogP contribution in [0.5, 0.6) is 0 Å². The summed E-state index contributed by atoms with van der Waals surface area (Å²) in [6.07, 6.45) is 1.03. The van der Waals surface area contributed by atoms with Crippen LogP contribution in [0, 0.1) is 22.9 Å². The average molecular weight is 357 g/mol. The highest BCUT2D eigenvalue weighted by Gasteiger charge is 2.18. The van der Waals surface area contributed by atoms with E-state index < -0.39 is 10.7 Å². The first-order valence-electron chi connectivity index (χ1n) is 5.63. The Morgan fingerprint density at radius 2 is 2.19 bits per heavy atom. The molecule has 0 aliphatic heterocycles. The molecule has 0 radical (unpaired) electrons. The van der Waals surface area contributed by atoms with E-state index in [4.69, 9.17) is 5.84 Å². The van der Waals surface area contributed by atoms with E-state index in [9.17, 15) is 14.5 Å². The fraction of sp³-hybridized carbons (Fsp3) is 0.0909. The molecule has 21 heavy (non-hydrogen) atoms. The van der Waals surface area contributed by atoms with E-state index in [1.54, 1.807) is 6.92 Å². The quantitative estimate of drug-likeness (QED) is 0.437. The lowest BCUT2D eigenvalue weighted by molar-refractivity contribution is -0.384. The molecule has 0 bridgehead atoms. The Bertz CT molecular complexity index is 711. The number of hydrogen-bond acceptors (Lipinski definition) is 7. The molecule has 2 aromatic rings. The Balaban J connectivity index is 2.47. The number of anilines is 3. The molecule has 0 saturated carbocycles. The normalized spacial score (nSPS) is 10.3. The van der Waals surface area contributed by atoms with Gasteiger partial charge in [0.2, 0.25) is 11.8 Å². The fourth-order valence-electron chi connectivity index (χ4n) is 1.58. The van der Waals surface area contributed by atoms with Crippen molar-refractivity contribution in [1.29, 1.82) is 0 Å². The summed E-state index contributed by atoms with van der Waals surface area (Å²) in [4.78, 5) is 17.9. The van der Waals surface area contributed by atoms with Crippen molar-refractivity contribution in [2.75, 3.05) is 10.7 Å². The van der Waals surface area contributed by atoms with Gasteiger partial charge >= 0.3 is 5.69 Å². The van der Waals surface area contributed by atoms with Gasteiger partial charge in [0.15, 0.2) is 0 Å². The molecule has 1 aromatic heterocycles. The maximum Gasteiger partial charge on any atom is 0.329 e. The van der Waals surface area contributed by atoms with Gasteiger partial charge in [-0.15, -0.1) is 0 Å². The number of nitrogens with zero attached hydrogens (tertiary/aromatic N) is 3. The molecule has 110 valence electrons. The van der Waals surface area contributed by atoms with Crippen molar-refractivity contribution < 1.29 is 9.31 Å². The first-order chi connectivity index (χ1) is 9.92. The smallest absolute Gasteiger partial charge is 0.329 e. The minimum atomic E-state index is -0.628. The maximum atomic E-state index is 13.4. The molecule has 0 spiro atoms. The molecule has 0 aliphatic carbocycles. The van der Waals surface area contributed by atoms with E-state index >= 15 is 0 Å². The van der Waals surface area contributed by atoms with Crippen LogP contribution >= 0.6 is 15.9 Å². The predicted molar refractivity (Wildman–Crippen MR) is 78.6 cm³/mol. The summed E-state index contributed by atoms with van der Waals surface area (Å²) in [5, 5.41) is 13.8. The van der Waals surface area contributed by atoms with Crippen LogP contribution in [0.2, 0.25) is 0 Å². The van der Waals surface area contributed by atoms with E-state index in [0.29, 0.717) is 11.3 Å². The number of aromatic nitrogens is 2. The molecule has 10 heteroatoms. The Morgan fingerprint density at radius 1 is 1.48 bits per heavy atom. The van der Waals surface area contributed by atoms with Crippen molar-refractivity contribution in [2.45, 2.75) is 6.92 Å². The van der Waals surface area contributed by atoms with E-state index in [1.165, 1.54) is 12.1 Å². The van der Waals surface area contributed by atoms with Gasteiger partial charge in [-0.3, -0.25) is 15.5 Å². The lowest BCUT2D eigenvalue weighted by atomic mass is 10.2. The first-order valence-corrected chi connectivity index (χ1v) is 6.42. The van der Waals surface area contributed by atoms with Crippen molar-refractivity contribution in [1.82, 2.24) is 9.97 Å². The van der Waals surface area contributed by atoms with Crippen LogP contribution in [-0.4, -0.2) is 14.9 Å². The summed E-state index contributed by atoms with van der Waals surface area (Å²) in [7, 11) is 0. The van der Waals surface area contributed by atoms with E-state index in [1.807, 2.05) is 0 Å². The summed E-state index contributed by atoms with van der Waals surface area (Å²) in [6.45, 7) is 1.66. The molecule has 1 heterocycles. The average Bonchev–Trinajstić information content (AvgIpc) is 2.44. The first kappa shape index (κ1) is 15.1. The zero-order chi connectivity index (χ0) is 15.6. The zero-order valence-electron chi connectivity index (χ0n) is 10.7. The van der Waals surface area contributed by atoms with Crippen molar-refractivity contribution in [3.05, 3.63) is 44.3 Å². The molecule has 0 aliphatic rings. The van der Waals surface area contributed by atoms with Gasteiger partial charge in [0.05, 0.1) is 9.40 Å². The van der Waals surface area contributed by atoms with E-state index in [-0.39, 0.29) is 21.9 Å². The number of aryl methyl sites for hydroxylation is 1. The van der Waals surface area contributed by atoms with Crippen LogP contribution in [-0.2, 0) is 0 Å². The number of halogens is 2. The standard InChI is InChI=1S/C11H10BrFN6O2/c1-5-2-7(13)6(12)3-8(5)16-10-9(19(20)21)4-15-11(17-10)18-14/h2-4H,14H2,1H3,(H2,15,16,17,18). The molecule has 0 amide bonds. The number of hydrogen-bond donors (Lipinski definition) is 3. The third-order valence-electron chi connectivity index (χ3n) is 2.62. The number of nitrogens with one attached hydrogen (secondary N) is 2. The SMILES string of the molecule is Cc1cc(F)c(Br)cc1Nc1nc(NN)ncc1[N+](=O)[O-]. The predicted octanol–water partition coefficient (Wildman–Crippen LogP) is 2.62. The number of hydrazine groups is 1. The highest BCUT2D eigenvalue weighted by molar-refractivity contribution is 9.10. The Labute approximate surface area is 126 Å². The van der Waals surface area contributed by atoms with Gasteiger partial charge in [-0.2, -0.15) is 4.98 Å². The molecule has 1 aromatic carbocycles. The number of benzene rings is 1. The monoisotopic (exact) mass is 356 g/mol. The highest BCUT2D eigenvalue weighted by Crippen LogP contribution is 2.30. The maximum absolute atomic E-state index is 13.4. The van der Waals surface area contributed by atoms with Crippen LogP contribution < -0.4 is 16.6 Å². The van der Waals surface area contributed by atoms with Crippen LogP contribution in [0.4, 0.5) is 27.5 Å². The number of nitrogens with two attached hydrogens (primary N) is 1. The molecule has 0 saturated heterocycles. The summed E-state index contributed by atoms with van der Waals surface area (Å²) in [5.41, 5.74) is 2.90. The lowest BCUT2D eigenvalue weighted by Gasteiger charge is -2.10. The molecule has 0 unspecified atom stereocenters. The topological polar surface area (TPSA) is 119 Å². The molecule has 0 fully saturated rings. The summed E-state index contributed by atoms with van der Waals surface area (Å²) < 4.78 is 13.6. The molecule has 0 atom stereocenters. The van der Waals surface area contributed by atoms with Gasteiger partial charge in [0.1, 0.15) is 12.0 Å². The molecular weight excluding hydrogens is 347 g/mol. The Kier molecular flexibility index (Phi) is 4.29. The van der Waals surface area contributed by atoms with Crippen molar-refractivity contribution in [3.8, 4) is 0 Å². The second kappa shape index (κ2) is 5.97. The molecular formula is C11H10BrFN6O2. The molecule has 8 nitrogen and oxygen atoms in total. The van der Waals surface area contributed by atoms with Gasteiger partial charge in [0, 0.05) is 5.69 Å². The van der Waals surface area contributed by atoms with Crippen molar-refractivity contribution in [2.24, 2.45) is 5.84 Å². The van der Waals surface area contributed by atoms with Gasteiger partial charge in [-0.05, 0) is 40.5 Å². The van der Waals surface area contributed by atoms with Crippen LogP contribution in [0.1, 0.15) is 5.56 Å². The summed E-state index contributed by atoms with van der Waals surface area (Å²) >= 11 is 3.06. The third-order valence-corrected chi connectivity index (χ3v) is 3.22. The molecule has 2 rings (SSSR count). The number of nitro groups is 1. The van der Waals surface area contributed by atoms with Crippen LogP contribution in [0.15, 0.2) is 22.8 Å². The minimum absolute atomic E-state index is 0.0157. The van der Waals surface area contributed by atoms with Crippen LogP contribution in [0.25, 0.3) is 0 Å². The number of nitrogen functional groups attached to an aromatic ring is 1. The summed E-state index contributed by atoms with van der Waals surface area (Å²) in [6, 6.07) is 2.76. The lowest BCUT2D eigenvalue weighted by Crippen LogP contribution is -2.12. The second-order valence-corrected chi connectivity index (χ2v) is 4.89. The zero-order valence-corrected chi connectivity index (χ0v) is 12.3. The second-order valence-electron chi connectivity index (χ2n) is 4.04. The van der Waals surface area contributed by atoms with E-state index in [0.717, 1.165) is 6.20 Å². The molecule has 4 N–H and O–H groups in total. The Morgan fingerprint density at radius 3 is 2.81 bits per heavy atom. The largest absolute Gasteiger partial charge is 0.334 e. The summed E-state index contributed by atoms with van der Waals surface area (Å²) in [5.74, 6) is 4.72.